The van der Waals surface area contributed by atoms with Crippen molar-refractivity contribution in [2.45, 2.75) is 19.6 Å². The summed E-state index contributed by atoms with van der Waals surface area (Å²) < 4.78 is 38.5. The molecule has 212 valence electrons. The van der Waals surface area contributed by atoms with Crippen LogP contribution < -0.4 is 16.1 Å². The maximum Gasteiger partial charge on any atom is 0.416 e. The van der Waals surface area contributed by atoms with Crippen molar-refractivity contribution in [3.8, 4) is 16.2 Å². The molecule has 0 saturated carbocycles. The molecule has 8 nitrogen and oxygen atoms in total. The van der Waals surface area contributed by atoms with E-state index in [2.05, 4.69) is 21.2 Å². The Balaban J connectivity index is 1.35. The Hall–Kier alpha value is -4.49. The molecular weight excluding hydrogens is 577 g/mol. The summed E-state index contributed by atoms with van der Waals surface area (Å²) in [6.45, 7) is 1.79. The Morgan fingerprint density at radius 3 is 2.15 bits per heavy atom. The van der Waals surface area contributed by atoms with E-state index in [1.807, 2.05) is 0 Å². The van der Waals surface area contributed by atoms with Gasteiger partial charge in [0, 0.05) is 24.5 Å². The second-order valence-corrected chi connectivity index (χ2v) is 10.6. The molecule has 0 fully saturated rings. The molecule has 0 atom stereocenters. The summed E-state index contributed by atoms with van der Waals surface area (Å²) >= 11 is 2.10. The number of nitrogens with one attached hydrogen (secondary N) is 3. The van der Waals surface area contributed by atoms with E-state index >= 15 is 0 Å². The van der Waals surface area contributed by atoms with Gasteiger partial charge in [-0.2, -0.15) is 18.3 Å². The molecule has 2 heterocycles. The fraction of sp³-hybridized carbons (Fsp3) is 0.143. The summed E-state index contributed by atoms with van der Waals surface area (Å²) in [4.78, 5) is 37.7. The van der Waals surface area contributed by atoms with Crippen molar-refractivity contribution in [1.29, 1.82) is 0 Å². The lowest BCUT2D eigenvalue weighted by Gasteiger charge is -2.07. The highest BCUT2D eigenvalue weighted by Crippen LogP contribution is 2.40. The first-order valence-corrected chi connectivity index (χ1v) is 13.7. The van der Waals surface area contributed by atoms with Gasteiger partial charge in [0.25, 0.3) is 17.7 Å². The predicted octanol–water partition coefficient (Wildman–Crippen LogP) is 5.64. The fourth-order valence-corrected chi connectivity index (χ4v) is 5.47. The van der Waals surface area contributed by atoms with Crippen LogP contribution in [0.1, 0.15) is 53.3 Å². The average molecular weight is 601 g/mol. The van der Waals surface area contributed by atoms with Crippen molar-refractivity contribution >= 4 is 46.1 Å². The number of hydrazone groups is 1. The van der Waals surface area contributed by atoms with Crippen LogP contribution in [-0.2, 0) is 12.7 Å². The van der Waals surface area contributed by atoms with Gasteiger partial charge in [-0.25, -0.2) is 5.43 Å². The third-order valence-electron chi connectivity index (χ3n) is 5.90. The summed E-state index contributed by atoms with van der Waals surface area (Å²) in [5, 5.41) is 21.6. The first-order valence-electron chi connectivity index (χ1n) is 12.0. The van der Waals surface area contributed by atoms with Crippen LogP contribution in [0, 0.1) is 0 Å². The van der Waals surface area contributed by atoms with Crippen molar-refractivity contribution in [3.05, 3.63) is 98.1 Å². The summed E-state index contributed by atoms with van der Waals surface area (Å²) in [5.74, 6) is -1.30. The van der Waals surface area contributed by atoms with Crippen molar-refractivity contribution in [2.75, 3.05) is 7.05 Å². The number of nitrogens with zero attached hydrogens (tertiary/aromatic N) is 1. The highest BCUT2D eigenvalue weighted by atomic mass is 32.1. The number of carbonyl (C=O) groups is 3. The maximum absolute atomic E-state index is 12.8. The van der Waals surface area contributed by atoms with Crippen LogP contribution in [0.5, 0.6) is 5.75 Å². The molecule has 3 amide bonds. The number of hydrogen-bond acceptors (Lipinski definition) is 7. The number of thiophene rings is 2. The van der Waals surface area contributed by atoms with Gasteiger partial charge in [-0.15, -0.1) is 22.7 Å². The number of hydrogen-bond donors (Lipinski definition) is 4. The normalized spacial score (nSPS) is 11.7. The lowest BCUT2D eigenvalue weighted by molar-refractivity contribution is -0.137. The SMILES string of the molecule is CNC(=O)c1ccc(CNC(=O)c2ccc(C(=O)N/N=C(\C)c3csc(-c4ccc(C(F)(F)F)cc4)c3O)s2)cc1. The van der Waals surface area contributed by atoms with Crippen molar-refractivity contribution < 1.29 is 32.7 Å². The van der Waals surface area contributed by atoms with Gasteiger partial charge in [0.1, 0.15) is 5.75 Å². The molecule has 2 aromatic heterocycles. The Morgan fingerprint density at radius 1 is 0.902 bits per heavy atom. The van der Waals surface area contributed by atoms with E-state index in [1.165, 1.54) is 24.3 Å². The summed E-state index contributed by atoms with van der Waals surface area (Å²) in [6.07, 6.45) is -4.46. The van der Waals surface area contributed by atoms with Crippen molar-refractivity contribution in [2.24, 2.45) is 5.10 Å². The topological polar surface area (TPSA) is 120 Å². The van der Waals surface area contributed by atoms with Crippen LogP contribution in [-0.4, -0.2) is 35.6 Å². The molecule has 0 radical (unpaired) electrons. The molecule has 0 spiro atoms. The zero-order chi connectivity index (χ0) is 29.7. The maximum atomic E-state index is 12.8. The average Bonchev–Trinajstić information content (AvgIpc) is 3.61. The van der Waals surface area contributed by atoms with E-state index in [0.717, 1.165) is 40.4 Å². The molecule has 2 aromatic carbocycles. The van der Waals surface area contributed by atoms with E-state index in [1.54, 1.807) is 43.6 Å². The highest BCUT2D eigenvalue weighted by molar-refractivity contribution is 7.16. The third-order valence-corrected chi connectivity index (χ3v) is 8.01. The number of halogens is 3. The van der Waals surface area contributed by atoms with Gasteiger partial charge in [-0.1, -0.05) is 24.3 Å². The molecule has 13 heteroatoms. The largest absolute Gasteiger partial charge is 0.506 e. The van der Waals surface area contributed by atoms with Gasteiger partial charge in [0.05, 0.1) is 31.5 Å². The van der Waals surface area contributed by atoms with Crippen LogP contribution >= 0.6 is 22.7 Å². The zero-order valence-electron chi connectivity index (χ0n) is 21.6. The highest BCUT2D eigenvalue weighted by Gasteiger charge is 2.30. The number of carbonyl (C=O) groups excluding carboxylic acids is 3. The van der Waals surface area contributed by atoms with E-state index in [0.29, 0.717) is 26.4 Å². The number of alkyl halides is 3. The van der Waals surface area contributed by atoms with E-state index in [-0.39, 0.29) is 34.7 Å². The van der Waals surface area contributed by atoms with Crippen LogP contribution in [0.3, 0.4) is 0 Å². The third kappa shape index (κ3) is 6.99. The zero-order valence-corrected chi connectivity index (χ0v) is 23.3. The second kappa shape index (κ2) is 12.4. The smallest absolute Gasteiger partial charge is 0.416 e. The van der Waals surface area contributed by atoms with E-state index in [9.17, 15) is 32.7 Å². The molecule has 0 bridgehead atoms. The Kier molecular flexibility index (Phi) is 8.89. The summed E-state index contributed by atoms with van der Waals surface area (Å²) in [5.41, 5.74) is 3.91. The van der Waals surface area contributed by atoms with Crippen molar-refractivity contribution in [3.63, 3.8) is 0 Å². The van der Waals surface area contributed by atoms with E-state index < -0.39 is 17.6 Å². The minimum atomic E-state index is -4.46. The molecule has 4 rings (SSSR count). The van der Waals surface area contributed by atoms with Gasteiger partial charge < -0.3 is 15.7 Å². The lowest BCUT2D eigenvalue weighted by atomic mass is 10.1. The number of aromatic hydroxyl groups is 1. The molecule has 0 aliphatic carbocycles. The summed E-state index contributed by atoms with van der Waals surface area (Å²) in [6, 6.07) is 14.2. The fourth-order valence-electron chi connectivity index (χ4n) is 3.64. The van der Waals surface area contributed by atoms with E-state index in [4.69, 9.17) is 0 Å². The lowest BCUT2D eigenvalue weighted by Crippen LogP contribution is -2.22. The number of rotatable bonds is 8. The second-order valence-electron chi connectivity index (χ2n) is 8.66. The van der Waals surface area contributed by atoms with Crippen LogP contribution in [0.2, 0.25) is 0 Å². The molecule has 4 N–H and O–H groups in total. The number of amides is 3. The first-order chi connectivity index (χ1) is 19.5. The van der Waals surface area contributed by atoms with Gasteiger partial charge in [-0.05, 0) is 54.4 Å². The van der Waals surface area contributed by atoms with Gasteiger partial charge in [-0.3, -0.25) is 14.4 Å². The molecule has 41 heavy (non-hydrogen) atoms. The van der Waals surface area contributed by atoms with Gasteiger partial charge >= 0.3 is 6.18 Å². The van der Waals surface area contributed by atoms with Gasteiger partial charge in [0.15, 0.2) is 0 Å². The standard InChI is InChI=1S/C28H23F3N4O4S2/c1-15(20-14-40-24(23(20)36)17-7-9-19(10-8-17)28(29,30)31)34-35-27(39)22-12-11-21(41-22)26(38)33-13-16-3-5-18(6-4-16)25(37)32-2/h3-12,14,36H,13H2,1-2H3,(H,32,37)(H,33,38)(H,35,39)/b34-15+. The first kappa shape index (κ1) is 29.5. The van der Waals surface area contributed by atoms with Crippen LogP contribution in [0.25, 0.3) is 10.4 Å². The molecule has 0 saturated heterocycles. The molecular formula is C28H23F3N4O4S2. The summed E-state index contributed by atoms with van der Waals surface area (Å²) in [7, 11) is 1.54. The predicted molar refractivity (Wildman–Crippen MR) is 151 cm³/mol. The molecule has 0 aliphatic rings. The Morgan fingerprint density at radius 2 is 1.54 bits per heavy atom. The minimum absolute atomic E-state index is 0.163. The van der Waals surface area contributed by atoms with Crippen LogP contribution in [0.15, 0.2) is 71.1 Å². The minimum Gasteiger partial charge on any atom is -0.506 e. The number of benzene rings is 2. The molecule has 4 aromatic rings. The monoisotopic (exact) mass is 600 g/mol. The Labute approximate surface area is 240 Å². The molecule has 0 unspecified atom stereocenters. The molecule has 0 aliphatic heterocycles. The quantitative estimate of drug-likeness (QED) is 0.154. The van der Waals surface area contributed by atoms with Gasteiger partial charge in [0.2, 0.25) is 0 Å². The van der Waals surface area contributed by atoms with Crippen molar-refractivity contribution in [1.82, 2.24) is 16.1 Å². The Bertz CT molecular complexity index is 1610. The van der Waals surface area contributed by atoms with Crippen LogP contribution in [0.4, 0.5) is 13.2 Å².